The molecular weight excluding hydrogens is 242 g/mol. The fourth-order valence-corrected chi connectivity index (χ4v) is 1.46. The summed E-state index contributed by atoms with van der Waals surface area (Å²) in [6, 6.07) is 0. The van der Waals surface area contributed by atoms with E-state index >= 15 is 0 Å². The van der Waals surface area contributed by atoms with E-state index in [9.17, 15) is 14.8 Å². The molecule has 0 atom stereocenters. The van der Waals surface area contributed by atoms with Crippen molar-refractivity contribution in [2.75, 3.05) is 46.6 Å². The number of carbonyl (C=O) groups excluding carboxylic acids is 2. The summed E-state index contributed by atoms with van der Waals surface area (Å²) < 4.78 is 13.8. The number of methoxy groups -OCH3 is 1. The van der Waals surface area contributed by atoms with Crippen molar-refractivity contribution in [3.8, 4) is 0 Å². The first kappa shape index (κ1) is 14.6. The van der Waals surface area contributed by atoms with E-state index in [-0.39, 0.29) is 13.2 Å². The van der Waals surface area contributed by atoms with Crippen LogP contribution in [0.1, 0.15) is 0 Å². The number of rotatable bonds is 5. The predicted molar refractivity (Wildman–Crippen MR) is 61.2 cm³/mol. The monoisotopic (exact) mass is 259 g/mol. The van der Waals surface area contributed by atoms with Crippen molar-refractivity contribution in [3.05, 3.63) is 17.4 Å². The SMILES string of the molecule is COC(=O)C=CC(=O)OCC[N+]1([O-])CCOCC1. The molecule has 18 heavy (non-hydrogen) atoms. The average molecular weight is 259 g/mol. The fraction of sp³-hybridized carbons (Fsp3) is 0.636. The van der Waals surface area contributed by atoms with Crippen molar-refractivity contribution in [3.63, 3.8) is 0 Å². The molecule has 0 unspecified atom stereocenters. The van der Waals surface area contributed by atoms with Gasteiger partial charge in [0.15, 0.2) is 0 Å². The number of nitrogens with zero attached hydrogens (tertiary/aromatic N) is 1. The zero-order chi connectivity index (χ0) is 13.4. The highest BCUT2D eigenvalue weighted by molar-refractivity contribution is 5.91. The third-order valence-corrected chi connectivity index (χ3v) is 2.59. The van der Waals surface area contributed by atoms with Gasteiger partial charge < -0.3 is 24.1 Å². The molecule has 1 aliphatic heterocycles. The standard InChI is InChI=1S/C11H17NO6/c1-16-10(13)2-3-11(14)18-9-6-12(15)4-7-17-8-5-12/h2-3H,4-9H2,1H3. The van der Waals surface area contributed by atoms with E-state index in [1.807, 2.05) is 0 Å². The Morgan fingerprint density at radius 1 is 1.28 bits per heavy atom. The minimum Gasteiger partial charge on any atom is -0.633 e. The van der Waals surface area contributed by atoms with Crippen LogP contribution in [0.2, 0.25) is 0 Å². The molecule has 0 aliphatic carbocycles. The Kier molecular flexibility index (Phi) is 5.76. The second-order valence-electron chi connectivity index (χ2n) is 3.87. The van der Waals surface area contributed by atoms with Crippen molar-refractivity contribution in [2.24, 2.45) is 0 Å². The van der Waals surface area contributed by atoms with Gasteiger partial charge >= 0.3 is 11.9 Å². The molecule has 0 saturated carbocycles. The summed E-state index contributed by atoms with van der Waals surface area (Å²) in [5, 5.41) is 12.0. The van der Waals surface area contributed by atoms with Gasteiger partial charge in [0, 0.05) is 12.2 Å². The van der Waals surface area contributed by atoms with E-state index in [1.165, 1.54) is 7.11 Å². The number of ether oxygens (including phenoxy) is 3. The van der Waals surface area contributed by atoms with E-state index in [2.05, 4.69) is 4.74 Å². The molecule has 0 amide bonds. The van der Waals surface area contributed by atoms with E-state index in [0.29, 0.717) is 26.3 Å². The Hall–Kier alpha value is -1.44. The molecule has 1 heterocycles. The maximum atomic E-state index is 12.0. The number of hydrogen-bond acceptors (Lipinski definition) is 6. The molecule has 0 spiro atoms. The molecule has 102 valence electrons. The number of hydrogen-bond donors (Lipinski definition) is 0. The van der Waals surface area contributed by atoms with Gasteiger partial charge in [-0.05, 0) is 0 Å². The van der Waals surface area contributed by atoms with Crippen LogP contribution in [0, 0.1) is 5.21 Å². The molecule has 0 aromatic carbocycles. The Morgan fingerprint density at radius 3 is 2.50 bits per heavy atom. The molecule has 1 saturated heterocycles. The highest BCUT2D eigenvalue weighted by Gasteiger charge is 2.21. The van der Waals surface area contributed by atoms with Crippen LogP contribution >= 0.6 is 0 Å². The smallest absolute Gasteiger partial charge is 0.331 e. The van der Waals surface area contributed by atoms with Crippen LogP contribution in [0.15, 0.2) is 12.2 Å². The number of quaternary nitrogens is 1. The van der Waals surface area contributed by atoms with Crippen molar-refractivity contribution in [1.29, 1.82) is 0 Å². The normalized spacial score (nSPS) is 18.6. The first-order valence-corrected chi connectivity index (χ1v) is 5.63. The zero-order valence-electron chi connectivity index (χ0n) is 10.3. The third kappa shape index (κ3) is 5.26. The van der Waals surface area contributed by atoms with Gasteiger partial charge in [-0.15, -0.1) is 0 Å². The lowest BCUT2D eigenvalue weighted by molar-refractivity contribution is -0.888. The van der Waals surface area contributed by atoms with E-state index < -0.39 is 16.6 Å². The van der Waals surface area contributed by atoms with Gasteiger partial charge in [-0.25, -0.2) is 9.59 Å². The summed E-state index contributed by atoms with van der Waals surface area (Å²) in [5.41, 5.74) is 0. The van der Waals surface area contributed by atoms with Crippen LogP contribution in [0.25, 0.3) is 0 Å². The van der Waals surface area contributed by atoms with E-state index in [0.717, 1.165) is 12.2 Å². The summed E-state index contributed by atoms with van der Waals surface area (Å²) in [5.74, 6) is -1.30. The summed E-state index contributed by atoms with van der Waals surface area (Å²) in [4.78, 5) is 21.9. The third-order valence-electron chi connectivity index (χ3n) is 2.59. The largest absolute Gasteiger partial charge is 0.633 e. The number of morpholine rings is 1. The molecule has 7 nitrogen and oxygen atoms in total. The maximum absolute atomic E-state index is 12.0. The molecule has 0 aromatic heterocycles. The molecule has 1 aliphatic rings. The second-order valence-corrected chi connectivity index (χ2v) is 3.87. The Morgan fingerprint density at radius 2 is 1.89 bits per heavy atom. The van der Waals surface area contributed by atoms with Gasteiger partial charge in [0.2, 0.25) is 0 Å². The molecule has 0 bridgehead atoms. The minimum absolute atomic E-state index is 0.0217. The van der Waals surface area contributed by atoms with Gasteiger partial charge in [0.1, 0.15) is 26.2 Å². The average Bonchev–Trinajstić information content (AvgIpc) is 2.36. The van der Waals surface area contributed by atoms with Gasteiger partial charge in [0.25, 0.3) is 0 Å². The van der Waals surface area contributed by atoms with Gasteiger partial charge in [0.05, 0.1) is 20.3 Å². The Balaban J connectivity index is 2.22. The molecule has 0 aromatic rings. The molecule has 1 fully saturated rings. The Bertz CT molecular complexity index is 321. The Labute approximate surface area is 105 Å². The lowest BCUT2D eigenvalue weighted by Gasteiger charge is -2.44. The van der Waals surface area contributed by atoms with Crippen molar-refractivity contribution in [2.45, 2.75) is 0 Å². The van der Waals surface area contributed by atoms with Gasteiger partial charge in [-0.3, -0.25) is 0 Å². The molecule has 1 rings (SSSR count). The molecule has 0 radical (unpaired) electrons. The predicted octanol–water partition coefficient (Wildman–Crippen LogP) is -0.396. The van der Waals surface area contributed by atoms with Crippen molar-refractivity contribution < 1.29 is 28.4 Å². The van der Waals surface area contributed by atoms with Gasteiger partial charge in [-0.2, -0.15) is 0 Å². The number of carbonyl (C=O) groups is 2. The number of esters is 2. The van der Waals surface area contributed by atoms with E-state index in [1.54, 1.807) is 0 Å². The first-order valence-electron chi connectivity index (χ1n) is 5.63. The van der Waals surface area contributed by atoms with Crippen molar-refractivity contribution in [1.82, 2.24) is 0 Å². The highest BCUT2D eigenvalue weighted by atomic mass is 16.6. The summed E-state index contributed by atoms with van der Waals surface area (Å²) in [7, 11) is 1.21. The summed E-state index contributed by atoms with van der Waals surface area (Å²) in [6.45, 7) is 1.82. The summed E-state index contributed by atoms with van der Waals surface area (Å²) in [6.07, 6.45) is 1.94. The zero-order valence-corrected chi connectivity index (χ0v) is 10.3. The molecule has 0 N–H and O–H groups in total. The quantitative estimate of drug-likeness (QED) is 0.289. The van der Waals surface area contributed by atoms with Crippen LogP contribution in [0.5, 0.6) is 0 Å². The minimum atomic E-state index is -0.666. The van der Waals surface area contributed by atoms with Crippen LogP contribution in [-0.4, -0.2) is 63.1 Å². The van der Waals surface area contributed by atoms with Crippen LogP contribution in [0.4, 0.5) is 0 Å². The van der Waals surface area contributed by atoms with Crippen LogP contribution in [-0.2, 0) is 23.8 Å². The first-order chi connectivity index (χ1) is 8.56. The van der Waals surface area contributed by atoms with Crippen molar-refractivity contribution >= 4 is 11.9 Å². The lowest BCUT2D eigenvalue weighted by atomic mass is 10.4. The fourth-order valence-electron chi connectivity index (χ4n) is 1.46. The molecular formula is C11H17NO6. The van der Waals surface area contributed by atoms with E-state index in [4.69, 9.17) is 9.47 Å². The lowest BCUT2D eigenvalue weighted by Crippen LogP contribution is -2.52. The number of hydroxylamine groups is 3. The summed E-state index contributed by atoms with van der Waals surface area (Å²) >= 11 is 0. The van der Waals surface area contributed by atoms with Crippen LogP contribution < -0.4 is 0 Å². The van der Waals surface area contributed by atoms with Gasteiger partial charge in [-0.1, -0.05) is 0 Å². The van der Waals surface area contributed by atoms with Crippen LogP contribution in [0.3, 0.4) is 0 Å². The second kappa shape index (κ2) is 7.10. The maximum Gasteiger partial charge on any atom is 0.331 e. The highest BCUT2D eigenvalue weighted by Crippen LogP contribution is 2.08. The topological polar surface area (TPSA) is 84.9 Å². The molecule has 7 heteroatoms.